The zero-order valence-corrected chi connectivity index (χ0v) is 11.4. The third-order valence-electron chi connectivity index (χ3n) is 2.28. The summed E-state index contributed by atoms with van der Waals surface area (Å²) in [4.78, 5) is 12.7. The van der Waals surface area contributed by atoms with E-state index < -0.39 is 0 Å². The Kier molecular flexibility index (Phi) is 4.03. The van der Waals surface area contributed by atoms with Crippen LogP contribution in [0.1, 0.15) is 6.92 Å². The second-order valence-corrected chi connectivity index (χ2v) is 4.47. The fourth-order valence-electron chi connectivity index (χ4n) is 1.44. The zero-order valence-electron chi connectivity index (χ0n) is 10.5. The molecule has 7 heteroatoms. The fourth-order valence-corrected chi connectivity index (χ4v) is 2.31. The number of imidazole rings is 1. The minimum atomic E-state index is 0.646. The Hall–Kier alpha value is -1.76. The predicted octanol–water partition coefficient (Wildman–Crippen LogP) is 1.80. The molecule has 0 aliphatic carbocycles. The van der Waals surface area contributed by atoms with Crippen molar-refractivity contribution >= 4 is 17.6 Å². The zero-order chi connectivity index (χ0) is 13.0. The first-order chi connectivity index (χ1) is 8.76. The molecule has 96 valence electrons. The van der Waals surface area contributed by atoms with Crippen LogP contribution in [0.3, 0.4) is 0 Å². The number of nitrogens with one attached hydrogen (secondary N) is 1. The van der Waals surface area contributed by atoms with Gasteiger partial charge >= 0.3 is 0 Å². The van der Waals surface area contributed by atoms with Crippen LogP contribution in [0.2, 0.25) is 0 Å². The molecule has 6 nitrogen and oxygen atoms in total. The molecule has 0 radical (unpaired) electrons. The van der Waals surface area contributed by atoms with Gasteiger partial charge in [0.05, 0.1) is 7.11 Å². The molecule has 0 saturated carbocycles. The first-order valence-electron chi connectivity index (χ1n) is 5.54. The third-order valence-corrected chi connectivity index (χ3v) is 3.34. The van der Waals surface area contributed by atoms with E-state index in [9.17, 15) is 0 Å². The summed E-state index contributed by atoms with van der Waals surface area (Å²) in [6.45, 7) is 2.78. The van der Waals surface area contributed by atoms with Gasteiger partial charge in [-0.1, -0.05) is 0 Å². The van der Waals surface area contributed by atoms with Crippen molar-refractivity contribution in [1.82, 2.24) is 19.5 Å². The molecule has 1 N–H and O–H groups in total. The second kappa shape index (κ2) is 5.72. The molecule has 18 heavy (non-hydrogen) atoms. The molecular formula is C11H15N5OS. The van der Waals surface area contributed by atoms with Crippen molar-refractivity contribution in [2.75, 3.05) is 19.0 Å². The third kappa shape index (κ3) is 2.56. The highest BCUT2D eigenvalue weighted by Crippen LogP contribution is 2.35. The van der Waals surface area contributed by atoms with Gasteiger partial charge in [-0.15, -0.1) is 0 Å². The Bertz CT molecular complexity index is 528. The van der Waals surface area contributed by atoms with Crippen molar-refractivity contribution < 1.29 is 4.74 Å². The Balaban J connectivity index is 2.32. The number of aryl methyl sites for hydroxylation is 1. The van der Waals surface area contributed by atoms with E-state index in [0.29, 0.717) is 11.6 Å². The summed E-state index contributed by atoms with van der Waals surface area (Å²) in [6.07, 6.45) is 5.16. The van der Waals surface area contributed by atoms with Crippen LogP contribution in [-0.4, -0.2) is 33.2 Å². The molecule has 0 atom stereocenters. The lowest BCUT2D eigenvalue weighted by Crippen LogP contribution is -2.04. The molecule has 0 aliphatic rings. The SMILES string of the molecule is CCNc1ncnc(Sc2nccn2C)c1OC. The number of aromatic nitrogens is 4. The summed E-state index contributed by atoms with van der Waals surface area (Å²) in [7, 11) is 3.55. The molecule has 0 bridgehead atoms. The van der Waals surface area contributed by atoms with Gasteiger partial charge in [-0.2, -0.15) is 0 Å². The number of hydrogen-bond donors (Lipinski definition) is 1. The van der Waals surface area contributed by atoms with E-state index in [0.717, 1.165) is 16.7 Å². The van der Waals surface area contributed by atoms with E-state index in [1.807, 2.05) is 24.7 Å². The highest BCUT2D eigenvalue weighted by atomic mass is 32.2. The highest BCUT2D eigenvalue weighted by Gasteiger charge is 2.14. The van der Waals surface area contributed by atoms with Gasteiger partial charge in [0.1, 0.15) is 6.33 Å². The van der Waals surface area contributed by atoms with Crippen LogP contribution in [0.5, 0.6) is 5.75 Å². The van der Waals surface area contributed by atoms with Gasteiger partial charge in [-0.25, -0.2) is 15.0 Å². The molecule has 0 aromatic carbocycles. The standard InChI is InChI=1S/C11H15N5OS/c1-4-12-9-8(17-3)10(15-7-14-9)18-11-13-5-6-16(11)2/h5-7H,4H2,1-3H3,(H,12,14,15). The molecule has 2 aromatic heterocycles. The van der Waals surface area contributed by atoms with Crippen molar-refractivity contribution in [1.29, 1.82) is 0 Å². The van der Waals surface area contributed by atoms with Crippen LogP contribution in [0, 0.1) is 0 Å². The maximum Gasteiger partial charge on any atom is 0.194 e. The van der Waals surface area contributed by atoms with Crippen LogP contribution in [0.4, 0.5) is 5.82 Å². The van der Waals surface area contributed by atoms with Crippen LogP contribution in [0.25, 0.3) is 0 Å². The van der Waals surface area contributed by atoms with E-state index in [2.05, 4.69) is 20.3 Å². The summed E-state index contributed by atoms with van der Waals surface area (Å²) in [5.41, 5.74) is 0. The van der Waals surface area contributed by atoms with Gasteiger partial charge in [0.25, 0.3) is 0 Å². The maximum absolute atomic E-state index is 5.37. The summed E-state index contributed by atoms with van der Waals surface area (Å²) < 4.78 is 7.30. The molecule has 0 aliphatic heterocycles. The molecule has 0 unspecified atom stereocenters. The quantitative estimate of drug-likeness (QED) is 0.832. The average molecular weight is 265 g/mol. The van der Waals surface area contributed by atoms with Gasteiger partial charge < -0.3 is 14.6 Å². The first-order valence-corrected chi connectivity index (χ1v) is 6.36. The summed E-state index contributed by atoms with van der Waals surface area (Å²) >= 11 is 1.45. The van der Waals surface area contributed by atoms with Crippen molar-refractivity contribution in [2.24, 2.45) is 7.05 Å². The smallest absolute Gasteiger partial charge is 0.194 e. The number of rotatable bonds is 5. The van der Waals surface area contributed by atoms with Crippen molar-refractivity contribution in [3.8, 4) is 5.75 Å². The maximum atomic E-state index is 5.37. The Morgan fingerprint density at radius 3 is 2.83 bits per heavy atom. The number of hydrogen-bond acceptors (Lipinski definition) is 6. The van der Waals surface area contributed by atoms with E-state index in [-0.39, 0.29) is 0 Å². The molecule has 0 spiro atoms. The average Bonchev–Trinajstić information content (AvgIpc) is 2.76. The Morgan fingerprint density at radius 1 is 1.39 bits per heavy atom. The fraction of sp³-hybridized carbons (Fsp3) is 0.364. The predicted molar refractivity (Wildman–Crippen MR) is 70.1 cm³/mol. The molecule has 0 amide bonds. The lowest BCUT2D eigenvalue weighted by Gasteiger charge is -2.11. The minimum Gasteiger partial charge on any atom is -0.490 e. The van der Waals surface area contributed by atoms with Crippen molar-refractivity contribution in [3.05, 3.63) is 18.7 Å². The first kappa shape index (κ1) is 12.7. The highest BCUT2D eigenvalue weighted by molar-refractivity contribution is 7.99. The van der Waals surface area contributed by atoms with Gasteiger partial charge in [-0.05, 0) is 18.7 Å². The molecule has 2 heterocycles. The normalized spacial score (nSPS) is 10.4. The van der Waals surface area contributed by atoms with E-state index in [1.165, 1.54) is 18.1 Å². The summed E-state index contributed by atoms with van der Waals surface area (Å²) in [5, 5.41) is 4.75. The number of nitrogens with zero attached hydrogens (tertiary/aromatic N) is 4. The Morgan fingerprint density at radius 2 is 2.22 bits per heavy atom. The van der Waals surface area contributed by atoms with Crippen LogP contribution >= 0.6 is 11.8 Å². The van der Waals surface area contributed by atoms with Gasteiger partial charge in [-0.3, -0.25) is 0 Å². The molecular weight excluding hydrogens is 250 g/mol. The van der Waals surface area contributed by atoms with Crippen molar-refractivity contribution in [2.45, 2.75) is 17.1 Å². The van der Waals surface area contributed by atoms with Crippen LogP contribution in [0.15, 0.2) is 28.9 Å². The largest absolute Gasteiger partial charge is 0.490 e. The van der Waals surface area contributed by atoms with Crippen LogP contribution < -0.4 is 10.1 Å². The van der Waals surface area contributed by atoms with E-state index in [1.54, 1.807) is 13.3 Å². The van der Waals surface area contributed by atoms with Gasteiger partial charge in [0.15, 0.2) is 21.7 Å². The monoisotopic (exact) mass is 265 g/mol. The van der Waals surface area contributed by atoms with Gasteiger partial charge in [0.2, 0.25) is 0 Å². The molecule has 2 aromatic rings. The van der Waals surface area contributed by atoms with Crippen molar-refractivity contribution in [3.63, 3.8) is 0 Å². The van der Waals surface area contributed by atoms with E-state index >= 15 is 0 Å². The minimum absolute atomic E-state index is 0.646. The lowest BCUT2D eigenvalue weighted by atomic mass is 10.5. The van der Waals surface area contributed by atoms with Crippen LogP contribution in [-0.2, 0) is 7.05 Å². The van der Waals surface area contributed by atoms with E-state index in [4.69, 9.17) is 4.74 Å². The second-order valence-electron chi connectivity index (χ2n) is 3.51. The lowest BCUT2D eigenvalue weighted by molar-refractivity contribution is 0.400. The summed E-state index contributed by atoms with van der Waals surface area (Å²) in [6, 6.07) is 0. The Labute approximate surface area is 110 Å². The number of anilines is 1. The van der Waals surface area contributed by atoms with Gasteiger partial charge in [0, 0.05) is 26.0 Å². The topological polar surface area (TPSA) is 64.9 Å². The number of ether oxygens (including phenoxy) is 1. The molecule has 0 saturated heterocycles. The summed E-state index contributed by atoms with van der Waals surface area (Å²) in [5.74, 6) is 1.35. The molecule has 2 rings (SSSR count). The molecule has 0 fully saturated rings. The number of methoxy groups -OCH3 is 1.